The molecule has 0 aromatic heterocycles. The summed E-state index contributed by atoms with van der Waals surface area (Å²) < 4.78 is 0. The van der Waals surface area contributed by atoms with Gasteiger partial charge in [-0.15, -0.1) is 0 Å². The molecule has 2 aromatic carbocycles. The van der Waals surface area contributed by atoms with E-state index in [1.54, 1.807) is 0 Å². The molecule has 1 aliphatic carbocycles. The van der Waals surface area contributed by atoms with Crippen molar-refractivity contribution in [3.63, 3.8) is 0 Å². The van der Waals surface area contributed by atoms with E-state index in [9.17, 15) is 4.79 Å². The van der Waals surface area contributed by atoms with Crippen LogP contribution >= 0.6 is 0 Å². The Kier molecular flexibility index (Phi) is 4.08. The van der Waals surface area contributed by atoms with E-state index in [2.05, 4.69) is 11.0 Å². The first-order valence-electron chi connectivity index (χ1n) is 8.97. The Balaban J connectivity index is 1.55. The number of benzene rings is 2. The molecular weight excluding hydrogens is 296 g/mol. The van der Waals surface area contributed by atoms with Crippen LogP contribution in [-0.2, 0) is 0 Å². The molecule has 24 heavy (non-hydrogen) atoms. The minimum atomic E-state index is 0.134. The van der Waals surface area contributed by atoms with E-state index in [4.69, 9.17) is 5.26 Å². The molecule has 3 heteroatoms. The lowest BCUT2D eigenvalue weighted by atomic mass is 9.85. The number of Topliss-reactive ketones (excluding diaryl/α,β-unsaturated/α-hetero) is 1. The Labute approximate surface area is 142 Å². The third kappa shape index (κ3) is 2.83. The molecule has 122 valence electrons. The van der Waals surface area contributed by atoms with E-state index < -0.39 is 0 Å². The van der Waals surface area contributed by atoms with E-state index in [0.29, 0.717) is 5.56 Å². The van der Waals surface area contributed by atoms with Crippen LogP contribution in [-0.4, -0.2) is 29.8 Å². The van der Waals surface area contributed by atoms with Gasteiger partial charge in [-0.1, -0.05) is 24.6 Å². The minimum absolute atomic E-state index is 0.134. The first-order chi connectivity index (χ1) is 11.7. The number of likely N-dealkylation sites (tertiary alicyclic amines) is 1. The number of carbonyl (C=O) groups is 1. The number of hydrogen-bond acceptors (Lipinski definition) is 3. The second kappa shape index (κ2) is 6.37. The van der Waals surface area contributed by atoms with Gasteiger partial charge in [0.1, 0.15) is 0 Å². The Morgan fingerprint density at radius 1 is 1.04 bits per heavy atom. The van der Waals surface area contributed by atoms with E-state index >= 15 is 0 Å². The average Bonchev–Trinajstić information content (AvgIpc) is 2.59. The van der Waals surface area contributed by atoms with Gasteiger partial charge in [0.2, 0.25) is 0 Å². The van der Waals surface area contributed by atoms with Crippen molar-refractivity contribution < 1.29 is 4.79 Å². The lowest BCUT2D eigenvalue weighted by Crippen LogP contribution is -2.47. The van der Waals surface area contributed by atoms with Gasteiger partial charge in [-0.25, -0.2) is 0 Å². The van der Waals surface area contributed by atoms with Crippen LogP contribution in [0.25, 0.3) is 10.8 Å². The zero-order valence-corrected chi connectivity index (χ0v) is 13.9. The Bertz CT molecular complexity index is 816. The Morgan fingerprint density at radius 2 is 1.83 bits per heavy atom. The number of piperidine rings is 1. The molecule has 1 atom stereocenters. The number of ketones is 1. The van der Waals surface area contributed by atoms with Crippen molar-refractivity contribution >= 4 is 16.6 Å². The number of nitrogens with zero attached hydrogens (tertiary/aromatic N) is 2. The molecule has 1 heterocycles. The maximum Gasteiger partial charge on any atom is 0.167 e. The monoisotopic (exact) mass is 318 g/mol. The van der Waals surface area contributed by atoms with Crippen LogP contribution in [0.5, 0.6) is 0 Å². The van der Waals surface area contributed by atoms with E-state index in [0.717, 1.165) is 48.3 Å². The Hall–Kier alpha value is -2.18. The summed E-state index contributed by atoms with van der Waals surface area (Å²) in [6.07, 6.45) is 6.09. The molecule has 0 N–H and O–H groups in total. The van der Waals surface area contributed by atoms with Gasteiger partial charge >= 0.3 is 0 Å². The minimum Gasteiger partial charge on any atom is -0.300 e. The molecule has 3 nitrogen and oxygen atoms in total. The number of carbonyl (C=O) groups excluding carboxylic acids is 1. The van der Waals surface area contributed by atoms with Crippen LogP contribution in [0.3, 0.4) is 0 Å². The van der Waals surface area contributed by atoms with E-state index in [1.807, 2.05) is 36.4 Å². The van der Waals surface area contributed by atoms with Crippen LogP contribution in [0.15, 0.2) is 36.4 Å². The van der Waals surface area contributed by atoms with Crippen molar-refractivity contribution in [3.8, 4) is 6.07 Å². The molecular formula is C21H22N2O. The molecule has 0 unspecified atom stereocenters. The number of nitriles is 1. The fourth-order valence-corrected chi connectivity index (χ4v) is 4.01. The van der Waals surface area contributed by atoms with Crippen LogP contribution in [0.4, 0.5) is 0 Å². The van der Waals surface area contributed by atoms with Gasteiger partial charge in [-0.2, -0.15) is 5.26 Å². The second-order valence-corrected chi connectivity index (χ2v) is 7.17. The summed E-state index contributed by atoms with van der Waals surface area (Å²) in [4.78, 5) is 15.5. The molecule has 0 radical (unpaired) electrons. The molecule has 1 aliphatic heterocycles. The lowest BCUT2D eigenvalue weighted by Gasteiger charge is -2.42. The molecule has 0 spiro atoms. The zero-order valence-electron chi connectivity index (χ0n) is 13.9. The van der Waals surface area contributed by atoms with Crippen molar-refractivity contribution in [2.75, 3.05) is 13.1 Å². The summed E-state index contributed by atoms with van der Waals surface area (Å²) in [5.74, 6) is 0.417. The summed E-state index contributed by atoms with van der Waals surface area (Å²) in [5, 5.41) is 11.0. The highest BCUT2D eigenvalue weighted by atomic mass is 16.1. The van der Waals surface area contributed by atoms with Crippen LogP contribution in [0, 0.1) is 17.2 Å². The summed E-state index contributed by atoms with van der Waals surface area (Å²) >= 11 is 0. The van der Waals surface area contributed by atoms with Crippen molar-refractivity contribution in [1.82, 2.24) is 4.90 Å². The van der Waals surface area contributed by atoms with Crippen molar-refractivity contribution in [2.24, 2.45) is 5.92 Å². The smallest absolute Gasteiger partial charge is 0.167 e. The summed E-state index contributed by atoms with van der Waals surface area (Å²) in [7, 11) is 0. The van der Waals surface area contributed by atoms with Crippen molar-refractivity contribution in [2.45, 2.75) is 38.1 Å². The average molecular weight is 318 g/mol. The highest BCUT2D eigenvalue weighted by Gasteiger charge is 2.32. The third-order valence-electron chi connectivity index (χ3n) is 5.67. The fraction of sp³-hybridized carbons (Fsp3) is 0.429. The van der Waals surface area contributed by atoms with Crippen LogP contribution in [0.1, 0.15) is 48.0 Å². The largest absolute Gasteiger partial charge is 0.300 e. The van der Waals surface area contributed by atoms with Gasteiger partial charge in [-0.3, -0.25) is 9.69 Å². The van der Waals surface area contributed by atoms with Gasteiger partial charge in [0.25, 0.3) is 0 Å². The SMILES string of the molecule is N#Cc1ccc2cc(C(=O)[C@H]3CCCN(C4CCC4)C3)ccc2c1. The van der Waals surface area contributed by atoms with Crippen molar-refractivity contribution in [1.29, 1.82) is 5.26 Å². The summed E-state index contributed by atoms with van der Waals surface area (Å²) in [6.45, 7) is 2.08. The number of fused-ring (bicyclic) bond motifs is 1. The predicted molar refractivity (Wildman–Crippen MR) is 94.9 cm³/mol. The maximum atomic E-state index is 13.0. The molecule has 2 aliphatic rings. The van der Waals surface area contributed by atoms with Gasteiger partial charge < -0.3 is 0 Å². The molecule has 4 rings (SSSR count). The van der Waals surface area contributed by atoms with Crippen LogP contribution < -0.4 is 0 Å². The first kappa shape index (κ1) is 15.4. The highest BCUT2D eigenvalue weighted by molar-refractivity contribution is 6.01. The van der Waals surface area contributed by atoms with Crippen LogP contribution in [0.2, 0.25) is 0 Å². The highest BCUT2D eigenvalue weighted by Crippen LogP contribution is 2.30. The number of hydrogen-bond donors (Lipinski definition) is 0. The normalized spacial score (nSPS) is 22.0. The fourth-order valence-electron chi connectivity index (χ4n) is 4.01. The van der Waals surface area contributed by atoms with E-state index in [-0.39, 0.29) is 11.7 Å². The molecule has 0 amide bonds. The van der Waals surface area contributed by atoms with Gasteiger partial charge in [0.15, 0.2) is 5.78 Å². The number of rotatable bonds is 3. The molecule has 1 saturated heterocycles. The molecule has 2 aromatic rings. The zero-order chi connectivity index (χ0) is 16.5. The summed E-state index contributed by atoms with van der Waals surface area (Å²) in [5.41, 5.74) is 1.47. The maximum absolute atomic E-state index is 13.0. The summed E-state index contributed by atoms with van der Waals surface area (Å²) in [6, 6.07) is 14.4. The predicted octanol–water partition coefficient (Wildman–Crippen LogP) is 4.16. The molecule has 1 saturated carbocycles. The molecule has 2 fully saturated rings. The van der Waals surface area contributed by atoms with Gasteiger partial charge in [-0.05, 0) is 61.2 Å². The second-order valence-electron chi connectivity index (χ2n) is 7.17. The lowest BCUT2D eigenvalue weighted by molar-refractivity contribution is 0.0612. The molecule has 0 bridgehead atoms. The topological polar surface area (TPSA) is 44.1 Å². The van der Waals surface area contributed by atoms with Gasteiger partial charge in [0.05, 0.1) is 11.6 Å². The standard InChI is InChI=1S/C21H22N2O/c22-13-15-6-7-17-12-18(9-8-16(17)11-15)21(24)19-3-2-10-23(14-19)20-4-1-5-20/h6-9,11-12,19-20H,1-5,10,14H2/t19-/m0/s1. The van der Waals surface area contributed by atoms with E-state index in [1.165, 1.54) is 19.3 Å². The first-order valence-corrected chi connectivity index (χ1v) is 8.97. The Morgan fingerprint density at radius 3 is 2.58 bits per heavy atom. The van der Waals surface area contributed by atoms with Gasteiger partial charge in [0, 0.05) is 24.1 Å². The quantitative estimate of drug-likeness (QED) is 0.798. The third-order valence-corrected chi connectivity index (χ3v) is 5.67. The van der Waals surface area contributed by atoms with Crippen molar-refractivity contribution in [3.05, 3.63) is 47.5 Å².